The second kappa shape index (κ2) is 5.71. The van der Waals surface area contributed by atoms with E-state index in [4.69, 9.17) is 12.2 Å². The predicted molar refractivity (Wildman–Crippen MR) is 82.4 cm³/mol. The van der Waals surface area contributed by atoms with Crippen LogP contribution >= 0.6 is 12.2 Å². The second-order valence-corrected chi connectivity index (χ2v) is 4.82. The van der Waals surface area contributed by atoms with Crippen LogP contribution in [0.2, 0.25) is 0 Å². The van der Waals surface area contributed by atoms with Gasteiger partial charge in [0.15, 0.2) is 0 Å². The van der Waals surface area contributed by atoms with Crippen LogP contribution in [0.3, 0.4) is 0 Å². The van der Waals surface area contributed by atoms with Gasteiger partial charge in [-0.15, -0.1) is 0 Å². The van der Waals surface area contributed by atoms with Crippen LogP contribution in [0, 0.1) is 4.77 Å². The standard InChI is InChI=1S/C15H14N4S/c20-15-18-16-11-19(15)17-10-12-6-8-14(9-7-12)13-4-2-1-3-5-13/h1-9,11,17H,10H2,(H,18,20). The summed E-state index contributed by atoms with van der Waals surface area (Å²) >= 11 is 5.07. The molecule has 100 valence electrons. The molecule has 0 saturated heterocycles. The summed E-state index contributed by atoms with van der Waals surface area (Å²) < 4.78 is 2.26. The lowest BCUT2D eigenvalue weighted by molar-refractivity contribution is 0.825. The van der Waals surface area contributed by atoms with E-state index < -0.39 is 0 Å². The highest BCUT2D eigenvalue weighted by atomic mass is 32.1. The minimum Gasteiger partial charge on any atom is -0.318 e. The van der Waals surface area contributed by atoms with Gasteiger partial charge in [0.2, 0.25) is 4.77 Å². The van der Waals surface area contributed by atoms with Crippen LogP contribution in [0.1, 0.15) is 5.56 Å². The van der Waals surface area contributed by atoms with E-state index in [1.807, 2.05) is 18.2 Å². The molecule has 0 bridgehead atoms. The van der Waals surface area contributed by atoms with E-state index in [1.54, 1.807) is 11.0 Å². The maximum atomic E-state index is 5.07. The van der Waals surface area contributed by atoms with Crippen molar-refractivity contribution in [1.82, 2.24) is 14.9 Å². The maximum Gasteiger partial charge on any atom is 0.214 e. The van der Waals surface area contributed by atoms with Gasteiger partial charge in [-0.3, -0.25) is 5.10 Å². The SMILES string of the molecule is S=c1[nH]ncn1NCc1ccc(-c2ccccc2)cc1. The van der Waals surface area contributed by atoms with E-state index in [0.29, 0.717) is 11.3 Å². The summed E-state index contributed by atoms with van der Waals surface area (Å²) in [6.07, 6.45) is 1.63. The minimum absolute atomic E-state index is 0.561. The van der Waals surface area contributed by atoms with Gasteiger partial charge in [-0.25, -0.2) is 4.68 Å². The van der Waals surface area contributed by atoms with Crippen LogP contribution in [-0.2, 0) is 6.54 Å². The highest BCUT2D eigenvalue weighted by molar-refractivity contribution is 7.71. The van der Waals surface area contributed by atoms with Crippen molar-refractivity contribution >= 4 is 12.2 Å². The van der Waals surface area contributed by atoms with Crippen molar-refractivity contribution in [2.24, 2.45) is 0 Å². The van der Waals surface area contributed by atoms with E-state index >= 15 is 0 Å². The minimum atomic E-state index is 0.561. The van der Waals surface area contributed by atoms with Crippen molar-refractivity contribution in [3.05, 3.63) is 71.3 Å². The molecule has 0 aliphatic carbocycles. The molecule has 0 amide bonds. The second-order valence-electron chi connectivity index (χ2n) is 4.43. The zero-order valence-corrected chi connectivity index (χ0v) is 11.6. The molecule has 1 aromatic heterocycles. The first kappa shape index (κ1) is 12.6. The first-order valence-corrected chi connectivity index (χ1v) is 6.74. The number of benzene rings is 2. The lowest BCUT2D eigenvalue weighted by atomic mass is 10.0. The summed E-state index contributed by atoms with van der Waals surface area (Å²) in [5, 5.41) is 6.56. The van der Waals surface area contributed by atoms with Gasteiger partial charge in [0.1, 0.15) is 6.33 Å². The highest BCUT2D eigenvalue weighted by Crippen LogP contribution is 2.19. The summed E-state index contributed by atoms with van der Waals surface area (Å²) in [6, 6.07) is 18.8. The lowest BCUT2D eigenvalue weighted by Gasteiger charge is -2.07. The number of hydrogen-bond acceptors (Lipinski definition) is 3. The molecule has 0 aliphatic heterocycles. The maximum absolute atomic E-state index is 5.07. The molecule has 0 fully saturated rings. The van der Waals surface area contributed by atoms with Gasteiger partial charge in [0, 0.05) is 0 Å². The van der Waals surface area contributed by atoms with Crippen molar-refractivity contribution in [3.63, 3.8) is 0 Å². The lowest BCUT2D eigenvalue weighted by Crippen LogP contribution is -2.13. The Morgan fingerprint density at radius 2 is 1.70 bits per heavy atom. The normalized spacial score (nSPS) is 10.4. The molecule has 4 nitrogen and oxygen atoms in total. The third-order valence-electron chi connectivity index (χ3n) is 3.07. The molecule has 0 unspecified atom stereocenters. The molecule has 5 heteroatoms. The Morgan fingerprint density at radius 1 is 1.00 bits per heavy atom. The van der Waals surface area contributed by atoms with Gasteiger partial charge in [-0.2, -0.15) is 5.10 Å². The van der Waals surface area contributed by atoms with Crippen LogP contribution in [-0.4, -0.2) is 14.9 Å². The number of aromatic nitrogens is 3. The number of H-pyrrole nitrogens is 1. The molecule has 3 rings (SSSR count). The molecule has 0 atom stereocenters. The Balaban J connectivity index is 1.71. The first-order chi connectivity index (χ1) is 9.83. The molecule has 20 heavy (non-hydrogen) atoms. The Morgan fingerprint density at radius 3 is 2.35 bits per heavy atom. The summed E-state index contributed by atoms with van der Waals surface area (Å²) in [5.74, 6) is 0. The number of nitrogens with one attached hydrogen (secondary N) is 2. The summed E-state index contributed by atoms with van der Waals surface area (Å²) in [6.45, 7) is 0.697. The average molecular weight is 282 g/mol. The average Bonchev–Trinajstić information content (AvgIpc) is 2.92. The van der Waals surface area contributed by atoms with Crippen molar-refractivity contribution < 1.29 is 0 Å². The van der Waals surface area contributed by atoms with E-state index in [9.17, 15) is 0 Å². The fourth-order valence-corrected chi connectivity index (χ4v) is 2.15. The van der Waals surface area contributed by atoms with E-state index in [0.717, 1.165) is 0 Å². The molecule has 1 heterocycles. The van der Waals surface area contributed by atoms with Crippen molar-refractivity contribution in [2.45, 2.75) is 6.54 Å². The van der Waals surface area contributed by atoms with Gasteiger partial charge < -0.3 is 5.43 Å². The van der Waals surface area contributed by atoms with E-state index in [2.05, 4.69) is 52.0 Å². The zero-order chi connectivity index (χ0) is 13.8. The topological polar surface area (TPSA) is 45.6 Å². The van der Waals surface area contributed by atoms with Gasteiger partial charge in [-0.05, 0) is 28.9 Å². The molecule has 0 aliphatic rings. The summed E-state index contributed by atoms with van der Waals surface area (Å²) in [5.41, 5.74) is 6.82. The largest absolute Gasteiger partial charge is 0.318 e. The van der Waals surface area contributed by atoms with Crippen LogP contribution in [0.25, 0.3) is 11.1 Å². The molecular weight excluding hydrogens is 268 g/mol. The van der Waals surface area contributed by atoms with Gasteiger partial charge in [0.25, 0.3) is 0 Å². The molecule has 3 aromatic rings. The quantitative estimate of drug-likeness (QED) is 0.721. The number of hydrogen-bond donors (Lipinski definition) is 2. The van der Waals surface area contributed by atoms with Crippen LogP contribution in [0.15, 0.2) is 60.9 Å². The van der Waals surface area contributed by atoms with Gasteiger partial charge in [0.05, 0.1) is 6.54 Å². The number of rotatable bonds is 4. The van der Waals surface area contributed by atoms with Crippen LogP contribution < -0.4 is 5.43 Å². The number of aromatic amines is 1. The Labute approximate surface area is 122 Å². The number of nitrogens with zero attached hydrogens (tertiary/aromatic N) is 2. The first-order valence-electron chi connectivity index (χ1n) is 6.33. The van der Waals surface area contributed by atoms with Crippen molar-refractivity contribution in [3.8, 4) is 11.1 Å². The third kappa shape index (κ3) is 2.78. The van der Waals surface area contributed by atoms with Crippen molar-refractivity contribution in [2.75, 3.05) is 5.43 Å². The Bertz CT molecular complexity index is 728. The smallest absolute Gasteiger partial charge is 0.214 e. The van der Waals surface area contributed by atoms with E-state index in [1.165, 1.54) is 16.7 Å². The third-order valence-corrected chi connectivity index (χ3v) is 3.35. The fraction of sp³-hybridized carbons (Fsp3) is 0.0667. The molecule has 0 spiro atoms. The molecule has 0 saturated carbocycles. The Hall–Kier alpha value is -2.40. The van der Waals surface area contributed by atoms with Crippen LogP contribution in [0.5, 0.6) is 0 Å². The molecule has 2 N–H and O–H groups in total. The summed E-state index contributed by atoms with van der Waals surface area (Å²) in [7, 11) is 0. The molecular formula is C15H14N4S. The van der Waals surface area contributed by atoms with Crippen molar-refractivity contribution in [1.29, 1.82) is 0 Å². The predicted octanol–water partition coefficient (Wildman–Crippen LogP) is 3.35. The fourth-order valence-electron chi connectivity index (χ4n) is 1.98. The van der Waals surface area contributed by atoms with Crippen LogP contribution in [0.4, 0.5) is 0 Å². The summed E-state index contributed by atoms with van der Waals surface area (Å²) in [4.78, 5) is 0. The van der Waals surface area contributed by atoms with Gasteiger partial charge in [-0.1, -0.05) is 54.6 Å². The van der Waals surface area contributed by atoms with Gasteiger partial charge >= 0.3 is 0 Å². The molecule has 2 aromatic carbocycles. The Kier molecular flexibility index (Phi) is 3.60. The zero-order valence-electron chi connectivity index (χ0n) is 10.8. The molecule has 0 radical (unpaired) electrons. The van der Waals surface area contributed by atoms with E-state index in [-0.39, 0.29) is 0 Å². The monoisotopic (exact) mass is 282 g/mol. The highest BCUT2D eigenvalue weighted by Gasteiger charge is 1.98.